The number of hydrogen-bond acceptors (Lipinski definition) is 10. The summed E-state index contributed by atoms with van der Waals surface area (Å²) in [5.41, 5.74) is -0.582. The van der Waals surface area contributed by atoms with Gasteiger partial charge in [0.15, 0.2) is 0 Å². The minimum atomic E-state index is -4.70. The topological polar surface area (TPSA) is 149 Å². The van der Waals surface area contributed by atoms with Crippen molar-refractivity contribution in [1.82, 2.24) is 13.5 Å². The van der Waals surface area contributed by atoms with Gasteiger partial charge in [0.25, 0.3) is 20.3 Å². The maximum Gasteiger partial charge on any atom is 0.416 e. The lowest BCUT2D eigenvalue weighted by Crippen LogP contribution is -2.55. The molecule has 44 heavy (non-hydrogen) atoms. The molecule has 0 spiro atoms. The lowest BCUT2D eigenvalue weighted by atomic mass is 10.1. The number of rotatable bonds is 11. The zero-order valence-electron chi connectivity index (χ0n) is 24.3. The van der Waals surface area contributed by atoms with Crippen LogP contribution in [-0.4, -0.2) is 103 Å². The van der Waals surface area contributed by atoms with Crippen LogP contribution in [-0.2, 0) is 51.5 Å². The maximum absolute atomic E-state index is 13.6. The predicted molar refractivity (Wildman–Crippen MR) is 148 cm³/mol. The molecule has 0 aliphatic carbocycles. The van der Waals surface area contributed by atoms with Crippen molar-refractivity contribution in [2.24, 2.45) is 0 Å². The normalized spacial score (nSPS) is 19.3. The van der Waals surface area contributed by atoms with Gasteiger partial charge in [-0.05, 0) is 48.4 Å². The Bertz CT molecular complexity index is 1530. The van der Waals surface area contributed by atoms with Gasteiger partial charge in [-0.25, -0.2) is 9.59 Å². The number of carbonyl (C=O) groups excluding carboxylic acids is 2. The fraction of sp³-hybridized carbons (Fsp3) is 0.462. The third-order valence-electron chi connectivity index (χ3n) is 6.91. The van der Waals surface area contributed by atoms with Crippen LogP contribution in [0.25, 0.3) is 0 Å². The number of alkyl halides is 3. The summed E-state index contributed by atoms with van der Waals surface area (Å²) in [6.45, 7) is -1.06. The van der Waals surface area contributed by atoms with Crippen molar-refractivity contribution in [2.45, 2.75) is 42.2 Å². The monoisotopic (exact) mass is 667 g/mol. The van der Waals surface area contributed by atoms with E-state index in [1.54, 1.807) is 24.3 Å². The fourth-order valence-electron chi connectivity index (χ4n) is 4.65. The largest absolute Gasteiger partial charge is 0.497 e. The Hall–Kier alpha value is -3.45. The van der Waals surface area contributed by atoms with E-state index in [0.717, 1.165) is 27.7 Å². The number of nitrogens with zero attached hydrogens (tertiary/aromatic N) is 3. The summed E-state index contributed by atoms with van der Waals surface area (Å²) in [7, 11) is -2.92. The smallest absolute Gasteiger partial charge is 0.416 e. The molecule has 1 aliphatic rings. The van der Waals surface area contributed by atoms with E-state index in [4.69, 9.17) is 18.4 Å². The van der Waals surface area contributed by atoms with Crippen LogP contribution < -0.4 is 4.74 Å². The standard InChI is InChI=1S/C26H32F3N3O10S2/c1-30(2)44(37,38)31(15-17-6-10-20(39-3)11-7-17)22-14-19(32(25(34)41-5)23(22)24(33)40-4)16-42-43(35,36)21-12-8-18(9-13-21)26(27,28)29/h6-13,19,22-23H,14-16H2,1-5H3/t19-,22-,23+/m0/s1. The second-order valence-electron chi connectivity index (χ2n) is 9.75. The van der Waals surface area contributed by atoms with Crippen LogP contribution in [0.2, 0.25) is 0 Å². The number of amides is 1. The molecule has 244 valence electrons. The van der Waals surface area contributed by atoms with E-state index in [9.17, 15) is 39.6 Å². The Morgan fingerprint density at radius 2 is 1.52 bits per heavy atom. The van der Waals surface area contributed by atoms with Gasteiger partial charge in [-0.1, -0.05) is 12.1 Å². The summed E-state index contributed by atoms with van der Waals surface area (Å²) in [4.78, 5) is 26.3. The zero-order chi connectivity index (χ0) is 33.0. The molecule has 1 saturated heterocycles. The lowest BCUT2D eigenvalue weighted by Gasteiger charge is -2.34. The second kappa shape index (κ2) is 13.7. The average molecular weight is 668 g/mol. The molecule has 0 N–H and O–H groups in total. The van der Waals surface area contributed by atoms with Gasteiger partial charge in [-0.2, -0.15) is 38.6 Å². The summed E-state index contributed by atoms with van der Waals surface area (Å²) in [6, 6.07) is 4.84. The molecule has 0 aromatic heterocycles. The van der Waals surface area contributed by atoms with Crippen LogP contribution in [0.1, 0.15) is 17.5 Å². The Kier molecular flexibility index (Phi) is 10.9. The molecule has 0 saturated carbocycles. The average Bonchev–Trinajstić information content (AvgIpc) is 3.36. The number of esters is 1. The lowest BCUT2D eigenvalue weighted by molar-refractivity contribution is -0.147. The molecule has 0 bridgehead atoms. The first-order chi connectivity index (χ1) is 20.5. The summed E-state index contributed by atoms with van der Waals surface area (Å²) < 4.78 is 114. The van der Waals surface area contributed by atoms with Gasteiger partial charge in [0, 0.05) is 20.6 Å². The summed E-state index contributed by atoms with van der Waals surface area (Å²) in [6.07, 6.45) is -6.10. The van der Waals surface area contributed by atoms with Gasteiger partial charge >= 0.3 is 18.2 Å². The van der Waals surface area contributed by atoms with E-state index in [0.29, 0.717) is 35.6 Å². The Morgan fingerprint density at radius 1 is 0.932 bits per heavy atom. The summed E-state index contributed by atoms with van der Waals surface area (Å²) >= 11 is 0. The Labute approximate surface area is 253 Å². The molecule has 18 heteroatoms. The number of benzene rings is 2. The first kappa shape index (κ1) is 35.0. The van der Waals surface area contributed by atoms with Crippen LogP contribution in [0.3, 0.4) is 0 Å². The number of hydrogen-bond donors (Lipinski definition) is 0. The Balaban J connectivity index is 2.02. The molecular formula is C26H32F3N3O10S2. The minimum Gasteiger partial charge on any atom is -0.497 e. The van der Waals surface area contributed by atoms with Crippen molar-refractivity contribution in [2.75, 3.05) is 42.0 Å². The van der Waals surface area contributed by atoms with E-state index >= 15 is 0 Å². The van der Waals surface area contributed by atoms with Crippen LogP contribution in [0.4, 0.5) is 18.0 Å². The summed E-state index contributed by atoms with van der Waals surface area (Å²) in [5, 5.41) is 0. The third-order valence-corrected chi connectivity index (χ3v) is 10.1. The molecule has 2 aromatic rings. The van der Waals surface area contributed by atoms with E-state index < -0.39 is 73.8 Å². The summed E-state index contributed by atoms with van der Waals surface area (Å²) in [5.74, 6) is -0.505. The molecule has 2 aromatic carbocycles. The first-order valence-corrected chi connectivity index (χ1v) is 15.6. The molecular weight excluding hydrogens is 635 g/mol. The molecule has 1 amide bonds. The van der Waals surface area contributed by atoms with Crippen molar-refractivity contribution in [3.8, 4) is 5.75 Å². The predicted octanol–water partition coefficient (Wildman–Crippen LogP) is 2.48. The quantitative estimate of drug-likeness (QED) is 0.259. The number of ether oxygens (including phenoxy) is 3. The number of carbonyl (C=O) groups is 2. The fourth-order valence-corrected chi connectivity index (χ4v) is 6.87. The molecule has 3 atom stereocenters. The molecule has 13 nitrogen and oxygen atoms in total. The zero-order valence-corrected chi connectivity index (χ0v) is 26.0. The van der Waals surface area contributed by atoms with E-state index in [1.165, 1.54) is 21.2 Å². The van der Waals surface area contributed by atoms with Gasteiger partial charge in [0.1, 0.15) is 11.8 Å². The van der Waals surface area contributed by atoms with Crippen molar-refractivity contribution in [3.05, 3.63) is 59.7 Å². The SMILES string of the molecule is COC(=O)[C@H]1[C@@H](N(Cc2ccc(OC)cc2)S(=O)(=O)N(C)C)C[C@@H](COS(=O)(=O)c2ccc(C(F)(F)F)cc2)N1C(=O)OC. The molecule has 1 aliphatic heterocycles. The van der Waals surface area contributed by atoms with Gasteiger partial charge in [0.05, 0.1) is 50.5 Å². The number of halogens is 3. The first-order valence-electron chi connectivity index (χ1n) is 12.8. The Morgan fingerprint density at radius 3 is 2.00 bits per heavy atom. The van der Waals surface area contributed by atoms with E-state index in [1.807, 2.05) is 0 Å². The van der Waals surface area contributed by atoms with Crippen LogP contribution in [0.5, 0.6) is 5.75 Å². The van der Waals surface area contributed by atoms with Crippen LogP contribution in [0.15, 0.2) is 53.4 Å². The van der Waals surface area contributed by atoms with E-state index in [2.05, 4.69) is 0 Å². The van der Waals surface area contributed by atoms with Gasteiger partial charge < -0.3 is 14.2 Å². The van der Waals surface area contributed by atoms with Crippen LogP contribution in [0, 0.1) is 0 Å². The molecule has 0 unspecified atom stereocenters. The second-order valence-corrected chi connectivity index (χ2v) is 13.5. The van der Waals surface area contributed by atoms with Crippen molar-refractivity contribution < 1.29 is 58.0 Å². The number of likely N-dealkylation sites (tertiary alicyclic amines) is 1. The minimum absolute atomic E-state index is 0.269. The molecule has 0 radical (unpaired) electrons. The van der Waals surface area contributed by atoms with Gasteiger partial charge in [-0.15, -0.1) is 0 Å². The molecule has 3 rings (SSSR count). The number of methoxy groups -OCH3 is 3. The molecule has 1 heterocycles. The highest BCUT2D eigenvalue weighted by Crippen LogP contribution is 2.35. The highest BCUT2D eigenvalue weighted by molar-refractivity contribution is 7.87. The van der Waals surface area contributed by atoms with Crippen molar-refractivity contribution in [3.63, 3.8) is 0 Å². The van der Waals surface area contributed by atoms with Gasteiger partial charge in [-0.3, -0.25) is 9.08 Å². The highest BCUT2D eigenvalue weighted by Gasteiger charge is 2.54. The van der Waals surface area contributed by atoms with Crippen molar-refractivity contribution in [1.29, 1.82) is 0 Å². The van der Waals surface area contributed by atoms with Crippen molar-refractivity contribution >= 4 is 32.4 Å². The highest BCUT2D eigenvalue weighted by atomic mass is 32.2. The third kappa shape index (κ3) is 7.60. The molecule has 1 fully saturated rings. The maximum atomic E-state index is 13.6. The van der Waals surface area contributed by atoms with E-state index in [-0.39, 0.29) is 13.0 Å². The van der Waals surface area contributed by atoms with Gasteiger partial charge in [0.2, 0.25) is 0 Å². The van der Waals surface area contributed by atoms with Crippen LogP contribution >= 0.6 is 0 Å².